The topological polar surface area (TPSA) is 71.1 Å². The maximum Gasteiger partial charge on any atom is 0.231 e. The van der Waals surface area contributed by atoms with Crippen LogP contribution in [-0.4, -0.2) is 25.2 Å². The molecule has 24 heavy (non-hydrogen) atoms. The SMILES string of the molecule is Cc1c2c(c(C)c3c1C(=O)c1cc4c(cc1C3=O)OCO4)OCO2. The number of rotatable bonds is 0. The van der Waals surface area contributed by atoms with Gasteiger partial charge in [-0.1, -0.05) is 0 Å². The molecule has 2 aliphatic heterocycles. The quantitative estimate of drug-likeness (QED) is 0.633. The second kappa shape index (κ2) is 4.29. The fourth-order valence-electron chi connectivity index (χ4n) is 3.59. The van der Waals surface area contributed by atoms with Gasteiger partial charge in [-0.25, -0.2) is 0 Å². The maximum atomic E-state index is 13.1. The molecule has 1 aliphatic carbocycles. The van der Waals surface area contributed by atoms with Crippen molar-refractivity contribution >= 4 is 11.6 Å². The lowest BCUT2D eigenvalue weighted by Crippen LogP contribution is -2.23. The Bertz CT molecular complexity index is 896. The Morgan fingerprint density at radius 1 is 0.708 bits per heavy atom. The minimum absolute atomic E-state index is 0.0849. The van der Waals surface area contributed by atoms with Crippen LogP contribution in [0.5, 0.6) is 23.0 Å². The summed E-state index contributed by atoms with van der Waals surface area (Å²) in [6, 6.07) is 3.17. The lowest BCUT2D eigenvalue weighted by molar-refractivity contribution is 0.0977. The molecule has 0 bridgehead atoms. The normalized spacial score (nSPS) is 16.2. The molecule has 0 amide bonds. The highest BCUT2D eigenvalue weighted by Gasteiger charge is 2.38. The zero-order valence-electron chi connectivity index (χ0n) is 13.0. The van der Waals surface area contributed by atoms with Crippen molar-refractivity contribution in [3.8, 4) is 23.0 Å². The Labute approximate surface area is 136 Å². The Kier molecular flexibility index (Phi) is 2.40. The monoisotopic (exact) mass is 324 g/mol. The van der Waals surface area contributed by atoms with Crippen LogP contribution in [0.1, 0.15) is 43.0 Å². The molecular formula is C18H12O6. The fraction of sp³-hybridized carbons (Fsp3) is 0.222. The van der Waals surface area contributed by atoms with Gasteiger partial charge in [-0.15, -0.1) is 0 Å². The van der Waals surface area contributed by atoms with Crippen LogP contribution in [-0.2, 0) is 0 Å². The summed E-state index contributed by atoms with van der Waals surface area (Å²) in [5.74, 6) is 1.61. The van der Waals surface area contributed by atoms with E-state index in [1.165, 1.54) is 0 Å². The summed E-state index contributed by atoms with van der Waals surface area (Å²) in [6.45, 7) is 3.72. The molecule has 120 valence electrons. The first-order chi connectivity index (χ1) is 11.6. The van der Waals surface area contributed by atoms with Crippen LogP contribution in [0.25, 0.3) is 0 Å². The molecule has 0 radical (unpaired) electrons. The third kappa shape index (κ3) is 1.45. The Morgan fingerprint density at radius 2 is 1.12 bits per heavy atom. The van der Waals surface area contributed by atoms with Crippen LogP contribution >= 0.6 is 0 Å². The molecule has 0 aromatic heterocycles. The summed E-state index contributed by atoms with van der Waals surface area (Å²) < 4.78 is 21.6. The van der Waals surface area contributed by atoms with E-state index in [4.69, 9.17) is 18.9 Å². The minimum atomic E-state index is -0.211. The molecule has 0 spiro atoms. The van der Waals surface area contributed by atoms with Gasteiger partial charge in [0.2, 0.25) is 13.6 Å². The molecule has 3 aliphatic rings. The Morgan fingerprint density at radius 3 is 1.58 bits per heavy atom. The zero-order valence-corrected chi connectivity index (χ0v) is 13.0. The largest absolute Gasteiger partial charge is 0.454 e. The van der Waals surface area contributed by atoms with Gasteiger partial charge in [0.15, 0.2) is 34.6 Å². The van der Waals surface area contributed by atoms with Gasteiger partial charge in [-0.2, -0.15) is 0 Å². The second-order valence-electron chi connectivity index (χ2n) is 5.97. The number of carbonyl (C=O) groups is 2. The molecule has 0 saturated heterocycles. The summed E-state index contributed by atoms with van der Waals surface area (Å²) in [7, 11) is 0. The molecule has 2 aromatic carbocycles. The Balaban J connectivity index is 1.84. The van der Waals surface area contributed by atoms with Crippen molar-refractivity contribution in [2.24, 2.45) is 0 Å². The smallest absolute Gasteiger partial charge is 0.231 e. The van der Waals surface area contributed by atoms with E-state index in [0.717, 1.165) is 0 Å². The van der Waals surface area contributed by atoms with Crippen LogP contribution in [0.2, 0.25) is 0 Å². The third-order valence-electron chi connectivity index (χ3n) is 4.75. The van der Waals surface area contributed by atoms with Crippen molar-refractivity contribution in [2.45, 2.75) is 13.8 Å². The van der Waals surface area contributed by atoms with Gasteiger partial charge in [0.05, 0.1) is 0 Å². The van der Waals surface area contributed by atoms with Gasteiger partial charge >= 0.3 is 0 Å². The van der Waals surface area contributed by atoms with Crippen molar-refractivity contribution in [3.05, 3.63) is 45.5 Å². The molecule has 2 aromatic rings. The predicted octanol–water partition coefficient (Wildman–Crippen LogP) is 2.54. The van der Waals surface area contributed by atoms with Crippen molar-refractivity contribution in [3.63, 3.8) is 0 Å². The fourth-order valence-corrected chi connectivity index (χ4v) is 3.59. The van der Waals surface area contributed by atoms with Crippen molar-refractivity contribution < 1.29 is 28.5 Å². The van der Waals surface area contributed by atoms with Crippen molar-refractivity contribution in [1.82, 2.24) is 0 Å². The summed E-state index contributed by atoms with van der Waals surface area (Å²) in [4.78, 5) is 26.2. The predicted molar refractivity (Wildman–Crippen MR) is 81.5 cm³/mol. The Hall–Kier alpha value is -3.02. The molecule has 2 heterocycles. The van der Waals surface area contributed by atoms with Crippen LogP contribution in [0.3, 0.4) is 0 Å². The lowest BCUT2D eigenvalue weighted by atomic mass is 9.79. The first-order valence-electron chi connectivity index (χ1n) is 7.53. The van der Waals surface area contributed by atoms with Crippen molar-refractivity contribution in [2.75, 3.05) is 13.6 Å². The molecule has 6 nitrogen and oxygen atoms in total. The van der Waals surface area contributed by atoms with E-state index in [1.54, 1.807) is 26.0 Å². The molecule has 6 heteroatoms. The molecular weight excluding hydrogens is 312 g/mol. The summed E-state index contributed by atoms with van der Waals surface area (Å²) in [6.07, 6.45) is 0. The van der Waals surface area contributed by atoms with E-state index in [-0.39, 0.29) is 25.2 Å². The molecule has 0 N–H and O–H groups in total. The average Bonchev–Trinajstić information content (AvgIpc) is 3.23. The van der Waals surface area contributed by atoms with Crippen molar-refractivity contribution in [1.29, 1.82) is 0 Å². The van der Waals surface area contributed by atoms with Gasteiger partial charge < -0.3 is 18.9 Å². The van der Waals surface area contributed by atoms with Crippen LogP contribution < -0.4 is 18.9 Å². The lowest BCUT2D eigenvalue weighted by Gasteiger charge is -2.22. The highest BCUT2D eigenvalue weighted by Crippen LogP contribution is 2.47. The average molecular weight is 324 g/mol. The summed E-state index contributed by atoms with van der Waals surface area (Å²) >= 11 is 0. The van der Waals surface area contributed by atoms with Crippen LogP contribution in [0.4, 0.5) is 0 Å². The van der Waals surface area contributed by atoms with Gasteiger partial charge in [0, 0.05) is 33.4 Å². The number of fused-ring (bicyclic) bond motifs is 4. The van der Waals surface area contributed by atoms with Gasteiger partial charge in [0.25, 0.3) is 0 Å². The van der Waals surface area contributed by atoms with Gasteiger partial charge in [-0.3, -0.25) is 9.59 Å². The van der Waals surface area contributed by atoms with Gasteiger partial charge in [0.1, 0.15) is 0 Å². The van der Waals surface area contributed by atoms with E-state index >= 15 is 0 Å². The minimum Gasteiger partial charge on any atom is -0.454 e. The molecule has 0 atom stereocenters. The number of carbonyl (C=O) groups excluding carboxylic acids is 2. The van der Waals surface area contributed by atoms with Crippen LogP contribution in [0, 0.1) is 13.8 Å². The maximum absolute atomic E-state index is 13.1. The summed E-state index contributed by atoms with van der Waals surface area (Å²) in [5, 5.41) is 0. The first kappa shape index (κ1) is 13.4. The molecule has 0 saturated carbocycles. The number of ketones is 2. The van der Waals surface area contributed by atoms with E-state index in [0.29, 0.717) is 56.4 Å². The zero-order chi connectivity index (χ0) is 16.6. The third-order valence-corrected chi connectivity index (χ3v) is 4.75. The van der Waals surface area contributed by atoms with E-state index in [9.17, 15) is 9.59 Å². The molecule has 5 rings (SSSR count). The van der Waals surface area contributed by atoms with E-state index in [2.05, 4.69) is 0 Å². The number of hydrogen-bond donors (Lipinski definition) is 0. The highest BCUT2D eigenvalue weighted by atomic mass is 16.7. The molecule has 0 unspecified atom stereocenters. The number of hydrogen-bond acceptors (Lipinski definition) is 6. The highest BCUT2D eigenvalue weighted by molar-refractivity contribution is 6.30. The summed E-state index contributed by atoms with van der Waals surface area (Å²) in [5.41, 5.74) is 2.69. The number of ether oxygens (including phenoxy) is 4. The van der Waals surface area contributed by atoms with Gasteiger partial charge in [-0.05, 0) is 26.0 Å². The van der Waals surface area contributed by atoms with E-state index < -0.39 is 0 Å². The first-order valence-corrected chi connectivity index (χ1v) is 7.53. The van der Waals surface area contributed by atoms with Crippen LogP contribution in [0.15, 0.2) is 12.1 Å². The standard InChI is InChI=1S/C18H12O6/c1-7-13-14(8(2)18-17(7)23-6-24-18)16(20)10-4-12-11(21-5-22-12)3-9(10)15(13)19/h3-4H,5-6H2,1-2H3. The molecule has 0 fully saturated rings. The number of benzene rings is 2. The second-order valence-corrected chi connectivity index (χ2v) is 5.97. The van der Waals surface area contributed by atoms with E-state index in [1.807, 2.05) is 0 Å².